The van der Waals surface area contributed by atoms with Crippen LogP contribution in [0, 0.1) is 0 Å². The van der Waals surface area contributed by atoms with Gasteiger partial charge in [-0.05, 0) is 36.4 Å². The molecule has 3 aromatic carbocycles. The lowest BCUT2D eigenvalue weighted by atomic mass is 10.1. The van der Waals surface area contributed by atoms with Gasteiger partial charge in [0.1, 0.15) is 18.8 Å². The summed E-state index contributed by atoms with van der Waals surface area (Å²) >= 11 is 0. The minimum Gasteiger partial charge on any atom is -0.459 e. The summed E-state index contributed by atoms with van der Waals surface area (Å²) in [6.45, 7) is -0.241. The van der Waals surface area contributed by atoms with E-state index in [4.69, 9.17) is 18.9 Å². The van der Waals surface area contributed by atoms with Gasteiger partial charge in [-0.15, -0.1) is 0 Å². The number of rotatable bonds is 9. The lowest BCUT2D eigenvalue weighted by Crippen LogP contribution is -2.29. The van der Waals surface area contributed by atoms with Gasteiger partial charge in [0.2, 0.25) is 6.10 Å². The number of hydrogen-bond acceptors (Lipinski definition) is 8. The van der Waals surface area contributed by atoms with Crippen LogP contribution in [0.5, 0.6) is 0 Å². The fraction of sp³-hybridized carbons (Fsp3) is 0.214. The van der Waals surface area contributed by atoms with Gasteiger partial charge >= 0.3 is 23.9 Å². The highest BCUT2D eigenvalue weighted by atomic mass is 16.6. The molecule has 36 heavy (non-hydrogen) atoms. The molecule has 1 fully saturated rings. The summed E-state index contributed by atoms with van der Waals surface area (Å²) in [5, 5.41) is 0. The quantitative estimate of drug-likeness (QED) is 0.329. The standard InChI is InChI=1S/C28H24O8/c29-25(19-10-4-1-5-11-19)33-18-23(35-26(30)20-12-6-2-7-13-20)16-22-17-24(28(32)34-22)36-27(31)21-14-8-3-9-15-21/h1-15,22-24H,16-18H2/t22-,23-,24+/m0/s1. The topological polar surface area (TPSA) is 105 Å². The first-order chi connectivity index (χ1) is 17.5. The predicted molar refractivity (Wildman–Crippen MR) is 127 cm³/mol. The molecule has 184 valence electrons. The summed E-state index contributed by atoms with van der Waals surface area (Å²) in [4.78, 5) is 49.7. The molecular formula is C28H24O8. The fourth-order valence-electron chi connectivity index (χ4n) is 3.70. The molecule has 1 aliphatic rings. The second-order valence-electron chi connectivity index (χ2n) is 8.15. The first-order valence-electron chi connectivity index (χ1n) is 11.4. The third kappa shape index (κ3) is 6.56. The van der Waals surface area contributed by atoms with Crippen molar-refractivity contribution in [1.29, 1.82) is 0 Å². The number of benzene rings is 3. The highest BCUT2D eigenvalue weighted by Gasteiger charge is 2.39. The Bertz CT molecular complexity index is 1190. The molecule has 3 atom stereocenters. The maximum absolute atomic E-state index is 12.6. The number of carbonyl (C=O) groups is 4. The molecule has 1 saturated heterocycles. The lowest BCUT2D eigenvalue weighted by molar-refractivity contribution is -0.148. The molecule has 8 heteroatoms. The van der Waals surface area contributed by atoms with Crippen LogP contribution in [0.4, 0.5) is 0 Å². The molecule has 1 aliphatic heterocycles. The number of ether oxygens (including phenoxy) is 4. The molecule has 0 unspecified atom stereocenters. The number of carbonyl (C=O) groups excluding carboxylic acids is 4. The maximum Gasteiger partial charge on any atom is 0.347 e. The van der Waals surface area contributed by atoms with Crippen molar-refractivity contribution < 1.29 is 38.1 Å². The van der Waals surface area contributed by atoms with E-state index in [2.05, 4.69) is 0 Å². The molecular weight excluding hydrogens is 464 g/mol. The van der Waals surface area contributed by atoms with Crippen LogP contribution in [-0.4, -0.2) is 48.8 Å². The van der Waals surface area contributed by atoms with Gasteiger partial charge in [0.25, 0.3) is 0 Å². The molecule has 0 aromatic heterocycles. The van der Waals surface area contributed by atoms with Crippen molar-refractivity contribution in [2.45, 2.75) is 31.2 Å². The summed E-state index contributed by atoms with van der Waals surface area (Å²) in [5.74, 6) is -2.50. The summed E-state index contributed by atoms with van der Waals surface area (Å²) < 4.78 is 21.7. The van der Waals surface area contributed by atoms with Gasteiger partial charge in [-0.25, -0.2) is 19.2 Å². The molecule has 3 aromatic rings. The van der Waals surface area contributed by atoms with Gasteiger partial charge in [0.15, 0.2) is 0 Å². The highest BCUT2D eigenvalue weighted by molar-refractivity contribution is 5.92. The minimum absolute atomic E-state index is 0.0613. The summed E-state index contributed by atoms with van der Waals surface area (Å²) in [6.07, 6.45) is -2.53. The van der Waals surface area contributed by atoms with E-state index in [0.717, 1.165) is 0 Å². The Balaban J connectivity index is 1.39. The van der Waals surface area contributed by atoms with Gasteiger partial charge in [0, 0.05) is 12.8 Å². The fourth-order valence-corrected chi connectivity index (χ4v) is 3.70. The monoisotopic (exact) mass is 488 g/mol. The molecule has 0 spiro atoms. The van der Waals surface area contributed by atoms with Crippen LogP contribution < -0.4 is 0 Å². The van der Waals surface area contributed by atoms with Crippen LogP contribution in [0.25, 0.3) is 0 Å². The van der Waals surface area contributed by atoms with Crippen molar-refractivity contribution >= 4 is 23.9 Å². The Morgan fingerprint density at radius 1 is 0.750 bits per heavy atom. The number of esters is 4. The highest BCUT2D eigenvalue weighted by Crippen LogP contribution is 2.24. The summed E-state index contributed by atoms with van der Waals surface area (Å²) in [5.41, 5.74) is 0.997. The number of hydrogen-bond donors (Lipinski definition) is 0. The molecule has 0 saturated carbocycles. The Labute approximate surface area is 207 Å². The van der Waals surface area contributed by atoms with Gasteiger partial charge < -0.3 is 18.9 Å². The SMILES string of the molecule is O=C(OC[C@H](C[C@H]1C[C@@H](OC(=O)c2ccccc2)C(=O)O1)OC(=O)c1ccccc1)c1ccccc1. The Kier molecular flexibility index (Phi) is 8.08. The van der Waals surface area contributed by atoms with Crippen LogP contribution in [0.1, 0.15) is 43.9 Å². The first-order valence-corrected chi connectivity index (χ1v) is 11.4. The van der Waals surface area contributed by atoms with Gasteiger partial charge in [0.05, 0.1) is 16.7 Å². The van der Waals surface area contributed by atoms with E-state index >= 15 is 0 Å². The molecule has 0 amide bonds. The average molecular weight is 488 g/mol. The van der Waals surface area contributed by atoms with Crippen molar-refractivity contribution in [1.82, 2.24) is 0 Å². The van der Waals surface area contributed by atoms with E-state index in [9.17, 15) is 19.2 Å². The molecule has 4 rings (SSSR count). The number of cyclic esters (lactones) is 1. The Morgan fingerprint density at radius 3 is 1.81 bits per heavy atom. The predicted octanol–water partition coefficient (Wildman–Crippen LogP) is 4.00. The molecule has 8 nitrogen and oxygen atoms in total. The van der Waals surface area contributed by atoms with E-state index in [1.54, 1.807) is 91.0 Å². The molecule has 0 bridgehead atoms. The van der Waals surface area contributed by atoms with E-state index in [-0.39, 0.29) is 19.4 Å². The van der Waals surface area contributed by atoms with Gasteiger partial charge in [-0.1, -0.05) is 54.6 Å². The van der Waals surface area contributed by atoms with E-state index in [1.165, 1.54) is 0 Å². The Morgan fingerprint density at radius 2 is 1.25 bits per heavy atom. The first kappa shape index (κ1) is 24.7. The normalized spacial score (nSPS) is 17.5. The van der Waals surface area contributed by atoms with Crippen molar-refractivity contribution in [3.05, 3.63) is 108 Å². The molecule has 0 radical (unpaired) electrons. The lowest BCUT2D eigenvalue weighted by Gasteiger charge is -2.20. The van der Waals surface area contributed by atoms with E-state index < -0.39 is 42.2 Å². The largest absolute Gasteiger partial charge is 0.459 e. The van der Waals surface area contributed by atoms with Crippen LogP contribution in [-0.2, 0) is 23.7 Å². The zero-order valence-electron chi connectivity index (χ0n) is 19.3. The maximum atomic E-state index is 12.6. The minimum atomic E-state index is -1.08. The van der Waals surface area contributed by atoms with Crippen LogP contribution >= 0.6 is 0 Å². The van der Waals surface area contributed by atoms with Crippen LogP contribution in [0.15, 0.2) is 91.0 Å². The zero-order valence-corrected chi connectivity index (χ0v) is 19.3. The van der Waals surface area contributed by atoms with Crippen molar-refractivity contribution in [3.63, 3.8) is 0 Å². The van der Waals surface area contributed by atoms with Crippen molar-refractivity contribution in [2.75, 3.05) is 6.61 Å². The van der Waals surface area contributed by atoms with Gasteiger partial charge in [-0.2, -0.15) is 0 Å². The summed E-state index contributed by atoms with van der Waals surface area (Å²) in [7, 11) is 0. The molecule has 0 aliphatic carbocycles. The molecule has 1 heterocycles. The average Bonchev–Trinajstić information content (AvgIpc) is 3.26. The van der Waals surface area contributed by atoms with Crippen molar-refractivity contribution in [3.8, 4) is 0 Å². The Hall–Kier alpha value is -4.46. The summed E-state index contributed by atoms with van der Waals surface area (Å²) in [6, 6.07) is 25.1. The molecule has 0 N–H and O–H groups in total. The smallest absolute Gasteiger partial charge is 0.347 e. The van der Waals surface area contributed by atoms with Crippen LogP contribution in [0.3, 0.4) is 0 Å². The second-order valence-corrected chi connectivity index (χ2v) is 8.15. The second kappa shape index (κ2) is 11.8. The van der Waals surface area contributed by atoms with Gasteiger partial charge in [-0.3, -0.25) is 0 Å². The third-order valence-corrected chi connectivity index (χ3v) is 5.50. The van der Waals surface area contributed by atoms with Crippen LogP contribution in [0.2, 0.25) is 0 Å². The van der Waals surface area contributed by atoms with E-state index in [1.807, 2.05) is 0 Å². The third-order valence-electron chi connectivity index (χ3n) is 5.50. The van der Waals surface area contributed by atoms with E-state index in [0.29, 0.717) is 16.7 Å². The van der Waals surface area contributed by atoms with Crippen molar-refractivity contribution in [2.24, 2.45) is 0 Å². The zero-order chi connectivity index (χ0) is 25.3.